The molecule has 0 saturated carbocycles. The summed E-state index contributed by atoms with van der Waals surface area (Å²) in [6.45, 7) is 3.49. The van der Waals surface area contributed by atoms with Crippen molar-refractivity contribution in [2.45, 2.75) is 0 Å². The fraction of sp³-hybridized carbons (Fsp3) is 0.174. The van der Waals surface area contributed by atoms with Crippen LogP contribution in [0, 0.1) is 0 Å². The molecule has 0 unspecified atom stereocenters. The molecule has 0 bridgehead atoms. The van der Waals surface area contributed by atoms with Gasteiger partial charge in [0.15, 0.2) is 5.82 Å². The maximum absolute atomic E-state index is 4.84. The zero-order chi connectivity index (χ0) is 20.2. The van der Waals surface area contributed by atoms with E-state index in [4.69, 9.17) is 9.97 Å². The Labute approximate surface area is 175 Å². The highest BCUT2D eigenvalue weighted by atomic mass is 15.3. The van der Waals surface area contributed by atoms with Gasteiger partial charge in [-0.25, -0.2) is 15.0 Å². The fourth-order valence-electron chi connectivity index (χ4n) is 3.56. The topological polar surface area (TPSA) is 70.9 Å². The molecule has 5 heterocycles. The van der Waals surface area contributed by atoms with E-state index < -0.39 is 0 Å². The molecule has 5 rings (SSSR count). The second kappa shape index (κ2) is 8.24. The van der Waals surface area contributed by atoms with Crippen molar-refractivity contribution in [3.63, 3.8) is 0 Å². The Morgan fingerprint density at radius 1 is 0.533 bits per heavy atom. The van der Waals surface area contributed by atoms with Crippen LogP contribution in [-0.4, -0.2) is 51.1 Å². The molecule has 148 valence electrons. The number of piperazine rings is 1. The van der Waals surface area contributed by atoms with Crippen molar-refractivity contribution in [3.05, 3.63) is 79.3 Å². The van der Waals surface area contributed by atoms with Gasteiger partial charge in [0.25, 0.3) is 0 Å². The van der Waals surface area contributed by atoms with Gasteiger partial charge >= 0.3 is 0 Å². The average molecular weight is 395 g/mol. The predicted molar refractivity (Wildman–Crippen MR) is 117 cm³/mol. The first-order valence-corrected chi connectivity index (χ1v) is 10.00. The normalized spacial score (nSPS) is 14.0. The molecule has 0 amide bonds. The smallest absolute Gasteiger partial charge is 0.180 e. The number of anilines is 2. The maximum atomic E-state index is 4.84. The van der Waals surface area contributed by atoms with E-state index in [2.05, 4.69) is 30.8 Å². The van der Waals surface area contributed by atoms with E-state index in [-0.39, 0.29) is 0 Å². The van der Waals surface area contributed by atoms with Crippen molar-refractivity contribution < 1.29 is 0 Å². The third-order valence-electron chi connectivity index (χ3n) is 5.11. The summed E-state index contributed by atoms with van der Waals surface area (Å²) in [5.74, 6) is 2.52. The van der Waals surface area contributed by atoms with Crippen LogP contribution in [0.3, 0.4) is 0 Å². The highest BCUT2D eigenvalue weighted by Crippen LogP contribution is 2.25. The first-order chi connectivity index (χ1) is 14.9. The lowest BCUT2D eigenvalue weighted by Crippen LogP contribution is -2.47. The number of nitrogens with zero attached hydrogens (tertiary/aromatic N) is 7. The molecular formula is C23H21N7. The van der Waals surface area contributed by atoms with Gasteiger partial charge in [-0.15, -0.1) is 0 Å². The number of aromatic nitrogens is 5. The molecule has 1 aliphatic heterocycles. The van der Waals surface area contributed by atoms with Crippen molar-refractivity contribution in [1.29, 1.82) is 0 Å². The van der Waals surface area contributed by atoms with Gasteiger partial charge in [0.1, 0.15) is 17.3 Å². The largest absolute Gasteiger partial charge is 0.353 e. The first kappa shape index (κ1) is 18.2. The Morgan fingerprint density at radius 2 is 1.13 bits per heavy atom. The van der Waals surface area contributed by atoms with Crippen molar-refractivity contribution in [3.8, 4) is 22.9 Å². The van der Waals surface area contributed by atoms with E-state index in [1.165, 1.54) is 0 Å². The summed E-state index contributed by atoms with van der Waals surface area (Å²) in [7, 11) is 0. The molecule has 4 aromatic heterocycles. The summed E-state index contributed by atoms with van der Waals surface area (Å²) < 4.78 is 0. The summed E-state index contributed by atoms with van der Waals surface area (Å²) in [6.07, 6.45) is 5.38. The Morgan fingerprint density at radius 3 is 1.73 bits per heavy atom. The minimum atomic E-state index is 0.612. The van der Waals surface area contributed by atoms with E-state index in [1.54, 1.807) is 12.4 Å². The van der Waals surface area contributed by atoms with Crippen LogP contribution in [-0.2, 0) is 0 Å². The summed E-state index contributed by atoms with van der Waals surface area (Å²) in [6, 6.07) is 19.7. The third kappa shape index (κ3) is 3.82. The molecule has 1 fully saturated rings. The monoisotopic (exact) mass is 395 g/mol. The lowest BCUT2D eigenvalue weighted by Gasteiger charge is -2.36. The van der Waals surface area contributed by atoms with Gasteiger partial charge in [0, 0.05) is 50.8 Å². The van der Waals surface area contributed by atoms with Crippen LogP contribution in [0.2, 0.25) is 0 Å². The van der Waals surface area contributed by atoms with Crippen LogP contribution in [0.1, 0.15) is 0 Å². The lowest BCUT2D eigenvalue weighted by atomic mass is 10.2. The SMILES string of the molecule is c1ccc(-c2cc(N3CCN(c4ccccn4)CC3)nc(-c3ccccn3)n2)nc1. The van der Waals surface area contributed by atoms with Crippen molar-refractivity contribution >= 4 is 11.6 Å². The Kier molecular flexibility index (Phi) is 4.99. The summed E-state index contributed by atoms with van der Waals surface area (Å²) in [5, 5.41) is 0. The molecule has 4 aromatic rings. The minimum absolute atomic E-state index is 0.612. The highest BCUT2D eigenvalue weighted by Gasteiger charge is 2.21. The van der Waals surface area contributed by atoms with Crippen molar-refractivity contribution in [2.75, 3.05) is 36.0 Å². The molecule has 30 heavy (non-hydrogen) atoms. The van der Waals surface area contributed by atoms with Gasteiger partial charge in [-0.05, 0) is 36.4 Å². The van der Waals surface area contributed by atoms with E-state index in [9.17, 15) is 0 Å². The van der Waals surface area contributed by atoms with Crippen LogP contribution >= 0.6 is 0 Å². The second-order valence-electron chi connectivity index (χ2n) is 7.03. The molecule has 7 heteroatoms. The van der Waals surface area contributed by atoms with E-state index in [0.29, 0.717) is 5.82 Å². The maximum Gasteiger partial charge on any atom is 0.180 e. The van der Waals surface area contributed by atoms with Crippen molar-refractivity contribution in [2.24, 2.45) is 0 Å². The van der Waals surface area contributed by atoms with Gasteiger partial charge in [0.2, 0.25) is 0 Å². The Hall–Kier alpha value is -3.87. The average Bonchev–Trinajstić information content (AvgIpc) is 2.85. The molecule has 0 radical (unpaired) electrons. The minimum Gasteiger partial charge on any atom is -0.353 e. The quantitative estimate of drug-likeness (QED) is 0.525. The molecule has 1 saturated heterocycles. The van der Waals surface area contributed by atoms with Gasteiger partial charge in [-0.3, -0.25) is 9.97 Å². The molecule has 1 aliphatic rings. The van der Waals surface area contributed by atoms with Crippen LogP contribution in [0.25, 0.3) is 22.9 Å². The van der Waals surface area contributed by atoms with Crippen molar-refractivity contribution in [1.82, 2.24) is 24.9 Å². The van der Waals surface area contributed by atoms with Crippen LogP contribution in [0.4, 0.5) is 11.6 Å². The van der Waals surface area contributed by atoms with Gasteiger partial charge in [0.05, 0.1) is 11.4 Å². The number of hydrogen-bond acceptors (Lipinski definition) is 7. The summed E-state index contributed by atoms with van der Waals surface area (Å²) in [4.78, 5) is 27.6. The predicted octanol–water partition coefficient (Wildman–Crippen LogP) is 3.32. The molecule has 7 nitrogen and oxygen atoms in total. The number of rotatable bonds is 4. The molecular weight excluding hydrogens is 374 g/mol. The molecule has 0 N–H and O–H groups in total. The fourth-order valence-corrected chi connectivity index (χ4v) is 3.56. The van der Waals surface area contributed by atoms with Gasteiger partial charge in [-0.2, -0.15) is 0 Å². The molecule has 0 atom stereocenters. The third-order valence-corrected chi connectivity index (χ3v) is 5.11. The van der Waals surface area contributed by atoms with E-state index in [1.807, 2.05) is 60.8 Å². The molecule has 0 aromatic carbocycles. The number of pyridine rings is 3. The van der Waals surface area contributed by atoms with Crippen LogP contribution in [0.5, 0.6) is 0 Å². The second-order valence-corrected chi connectivity index (χ2v) is 7.03. The number of hydrogen-bond donors (Lipinski definition) is 0. The first-order valence-electron chi connectivity index (χ1n) is 10.00. The standard InChI is InChI=1S/C23H21N7/c1-4-10-24-18(7-1)20-17-22(28-23(27-20)19-8-2-5-11-25-19)30-15-13-29(14-16-30)21-9-3-6-12-26-21/h1-12,17H,13-16H2. The van der Waals surface area contributed by atoms with Gasteiger partial charge < -0.3 is 9.80 Å². The molecule has 0 aliphatic carbocycles. The zero-order valence-electron chi connectivity index (χ0n) is 16.5. The zero-order valence-corrected chi connectivity index (χ0v) is 16.5. The Bertz CT molecular complexity index is 1040. The molecule has 0 spiro atoms. The Balaban J connectivity index is 1.46. The summed E-state index contributed by atoms with van der Waals surface area (Å²) >= 11 is 0. The lowest BCUT2D eigenvalue weighted by molar-refractivity contribution is 0.641. The summed E-state index contributed by atoms with van der Waals surface area (Å²) in [5.41, 5.74) is 2.38. The van der Waals surface area contributed by atoms with E-state index in [0.717, 1.165) is 54.9 Å². The van der Waals surface area contributed by atoms with E-state index >= 15 is 0 Å². The van der Waals surface area contributed by atoms with Crippen LogP contribution in [0.15, 0.2) is 79.3 Å². The van der Waals surface area contributed by atoms with Gasteiger partial charge in [-0.1, -0.05) is 18.2 Å². The highest BCUT2D eigenvalue weighted by molar-refractivity contribution is 5.64. The van der Waals surface area contributed by atoms with Crippen LogP contribution < -0.4 is 9.80 Å².